The van der Waals surface area contributed by atoms with Gasteiger partial charge in [-0.05, 0) is 38.7 Å². The molecule has 0 spiro atoms. The molecule has 1 aromatic carbocycles. The van der Waals surface area contributed by atoms with Gasteiger partial charge < -0.3 is 10.5 Å². The molecule has 2 rings (SSSR count). The zero-order valence-electron chi connectivity index (χ0n) is 11.0. The first-order valence-corrected chi connectivity index (χ1v) is 6.88. The second-order valence-corrected chi connectivity index (χ2v) is 5.20. The maximum Gasteiger partial charge on any atom is 0.127 e. The largest absolute Gasteiger partial charge is 0.490 e. The second kappa shape index (κ2) is 6.19. The van der Waals surface area contributed by atoms with E-state index in [4.69, 9.17) is 10.5 Å². The number of nitrogens with two attached hydrogens (primary N) is 1. The van der Waals surface area contributed by atoms with Crippen LogP contribution in [0, 0.1) is 5.82 Å². The van der Waals surface area contributed by atoms with Crippen LogP contribution in [0.4, 0.5) is 4.39 Å². The molecule has 0 heterocycles. The second-order valence-electron chi connectivity index (χ2n) is 5.20. The van der Waals surface area contributed by atoms with E-state index in [0.29, 0.717) is 5.75 Å². The molecule has 0 aliphatic heterocycles. The Morgan fingerprint density at radius 3 is 2.50 bits per heavy atom. The lowest BCUT2D eigenvalue weighted by atomic mass is 10.1. The summed E-state index contributed by atoms with van der Waals surface area (Å²) < 4.78 is 19.3. The molecule has 1 aliphatic carbocycles. The first-order chi connectivity index (χ1) is 8.66. The molecule has 0 amide bonds. The first kappa shape index (κ1) is 13.3. The van der Waals surface area contributed by atoms with Crippen LogP contribution in [0.1, 0.15) is 57.1 Å². The Bertz CT molecular complexity index is 384. The van der Waals surface area contributed by atoms with Crippen molar-refractivity contribution in [2.75, 3.05) is 0 Å². The maximum atomic E-state index is 13.3. The highest BCUT2D eigenvalue weighted by molar-refractivity contribution is 5.36. The highest BCUT2D eigenvalue weighted by Crippen LogP contribution is 2.29. The van der Waals surface area contributed by atoms with E-state index >= 15 is 0 Å². The Labute approximate surface area is 108 Å². The fraction of sp³-hybridized carbons (Fsp3) is 0.600. The predicted molar refractivity (Wildman–Crippen MR) is 71.1 cm³/mol. The molecule has 0 bridgehead atoms. The summed E-state index contributed by atoms with van der Waals surface area (Å²) in [5, 5.41) is 0. The predicted octanol–water partition coefficient (Wildman–Crippen LogP) is 3.95. The third-order valence-electron chi connectivity index (χ3n) is 3.56. The fourth-order valence-corrected chi connectivity index (χ4v) is 2.53. The van der Waals surface area contributed by atoms with Crippen LogP contribution in [-0.2, 0) is 0 Å². The van der Waals surface area contributed by atoms with Crippen LogP contribution >= 0.6 is 0 Å². The Morgan fingerprint density at radius 1 is 1.22 bits per heavy atom. The molecule has 1 fully saturated rings. The lowest BCUT2D eigenvalue weighted by Crippen LogP contribution is -2.17. The normalized spacial score (nSPS) is 19.3. The van der Waals surface area contributed by atoms with Gasteiger partial charge in [0.15, 0.2) is 0 Å². The first-order valence-electron chi connectivity index (χ1n) is 6.88. The van der Waals surface area contributed by atoms with Gasteiger partial charge in [-0.2, -0.15) is 0 Å². The number of halogens is 1. The van der Waals surface area contributed by atoms with Gasteiger partial charge in [-0.15, -0.1) is 0 Å². The van der Waals surface area contributed by atoms with Gasteiger partial charge in [0.2, 0.25) is 0 Å². The summed E-state index contributed by atoms with van der Waals surface area (Å²) in [5.74, 6) is 0.361. The monoisotopic (exact) mass is 251 g/mol. The Kier molecular flexibility index (Phi) is 4.59. The molecule has 1 aliphatic rings. The van der Waals surface area contributed by atoms with Crippen molar-refractivity contribution in [1.82, 2.24) is 0 Å². The highest BCUT2D eigenvalue weighted by atomic mass is 19.1. The van der Waals surface area contributed by atoms with Gasteiger partial charge in [0.05, 0.1) is 6.10 Å². The molecule has 1 atom stereocenters. The molecule has 3 heteroatoms. The van der Waals surface area contributed by atoms with E-state index in [1.54, 1.807) is 6.07 Å². The van der Waals surface area contributed by atoms with Gasteiger partial charge in [0.25, 0.3) is 0 Å². The standard InChI is InChI=1S/C15H22FNO/c1-11(17)14-9-8-12(16)10-15(14)18-13-6-4-2-3-5-7-13/h8-11,13H,2-7,17H2,1H3. The van der Waals surface area contributed by atoms with Crippen molar-refractivity contribution in [2.45, 2.75) is 57.6 Å². The zero-order chi connectivity index (χ0) is 13.0. The molecule has 1 saturated carbocycles. The third-order valence-corrected chi connectivity index (χ3v) is 3.56. The number of rotatable bonds is 3. The average molecular weight is 251 g/mol. The summed E-state index contributed by atoms with van der Waals surface area (Å²) in [6.07, 6.45) is 7.31. The van der Waals surface area contributed by atoms with Crippen molar-refractivity contribution in [3.8, 4) is 5.75 Å². The molecular weight excluding hydrogens is 229 g/mol. The quantitative estimate of drug-likeness (QED) is 0.826. The lowest BCUT2D eigenvalue weighted by Gasteiger charge is -2.20. The summed E-state index contributed by atoms with van der Waals surface area (Å²) in [4.78, 5) is 0. The van der Waals surface area contributed by atoms with Crippen LogP contribution in [0.5, 0.6) is 5.75 Å². The van der Waals surface area contributed by atoms with E-state index in [1.807, 2.05) is 6.92 Å². The average Bonchev–Trinajstić information content (AvgIpc) is 2.57. The van der Waals surface area contributed by atoms with Crippen LogP contribution in [0.25, 0.3) is 0 Å². The van der Waals surface area contributed by atoms with Crippen LogP contribution in [-0.4, -0.2) is 6.10 Å². The van der Waals surface area contributed by atoms with E-state index in [0.717, 1.165) is 18.4 Å². The third kappa shape index (κ3) is 3.45. The topological polar surface area (TPSA) is 35.2 Å². The maximum absolute atomic E-state index is 13.3. The molecule has 1 unspecified atom stereocenters. The summed E-state index contributed by atoms with van der Waals surface area (Å²) in [5.41, 5.74) is 6.79. The van der Waals surface area contributed by atoms with E-state index < -0.39 is 0 Å². The van der Waals surface area contributed by atoms with Crippen molar-refractivity contribution < 1.29 is 9.13 Å². The molecule has 18 heavy (non-hydrogen) atoms. The minimum atomic E-state index is -0.261. The molecule has 0 radical (unpaired) electrons. The fourth-order valence-electron chi connectivity index (χ4n) is 2.53. The minimum Gasteiger partial charge on any atom is -0.490 e. The van der Waals surface area contributed by atoms with Crippen LogP contribution in [0.2, 0.25) is 0 Å². The molecular formula is C15H22FNO. The number of benzene rings is 1. The molecule has 2 N–H and O–H groups in total. The molecule has 100 valence electrons. The molecule has 0 aromatic heterocycles. The lowest BCUT2D eigenvalue weighted by molar-refractivity contribution is 0.180. The summed E-state index contributed by atoms with van der Waals surface area (Å²) in [6.45, 7) is 1.90. The van der Waals surface area contributed by atoms with Gasteiger partial charge in [-0.1, -0.05) is 18.9 Å². The Hall–Kier alpha value is -1.09. The molecule has 0 saturated heterocycles. The smallest absolute Gasteiger partial charge is 0.127 e. The number of hydrogen-bond donors (Lipinski definition) is 1. The van der Waals surface area contributed by atoms with Gasteiger partial charge in [-0.25, -0.2) is 4.39 Å². The van der Waals surface area contributed by atoms with Crippen molar-refractivity contribution >= 4 is 0 Å². The molecule has 2 nitrogen and oxygen atoms in total. The van der Waals surface area contributed by atoms with Crippen LogP contribution < -0.4 is 10.5 Å². The van der Waals surface area contributed by atoms with Crippen LogP contribution in [0.15, 0.2) is 18.2 Å². The highest BCUT2D eigenvalue weighted by Gasteiger charge is 2.17. The minimum absolute atomic E-state index is 0.133. The van der Waals surface area contributed by atoms with Crippen molar-refractivity contribution in [1.29, 1.82) is 0 Å². The molecule has 1 aromatic rings. The summed E-state index contributed by atoms with van der Waals surface area (Å²) in [6, 6.07) is 4.50. The zero-order valence-corrected chi connectivity index (χ0v) is 11.0. The van der Waals surface area contributed by atoms with E-state index in [-0.39, 0.29) is 18.0 Å². The number of ether oxygens (including phenoxy) is 1. The van der Waals surface area contributed by atoms with E-state index in [1.165, 1.54) is 37.8 Å². The number of hydrogen-bond acceptors (Lipinski definition) is 2. The van der Waals surface area contributed by atoms with Gasteiger partial charge in [0.1, 0.15) is 11.6 Å². The van der Waals surface area contributed by atoms with Crippen LogP contribution in [0.3, 0.4) is 0 Å². The Balaban J connectivity index is 2.13. The summed E-state index contributed by atoms with van der Waals surface area (Å²) >= 11 is 0. The SMILES string of the molecule is CC(N)c1ccc(F)cc1OC1CCCCCC1. The van der Waals surface area contributed by atoms with Gasteiger partial charge in [0, 0.05) is 17.7 Å². The van der Waals surface area contributed by atoms with Crippen molar-refractivity contribution in [3.63, 3.8) is 0 Å². The van der Waals surface area contributed by atoms with E-state index in [2.05, 4.69) is 0 Å². The van der Waals surface area contributed by atoms with Gasteiger partial charge >= 0.3 is 0 Å². The van der Waals surface area contributed by atoms with Crippen molar-refractivity contribution in [2.24, 2.45) is 5.73 Å². The van der Waals surface area contributed by atoms with Crippen molar-refractivity contribution in [3.05, 3.63) is 29.6 Å². The van der Waals surface area contributed by atoms with Gasteiger partial charge in [-0.3, -0.25) is 0 Å². The summed E-state index contributed by atoms with van der Waals surface area (Å²) in [7, 11) is 0. The van der Waals surface area contributed by atoms with E-state index in [9.17, 15) is 4.39 Å². The Morgan fingerprint density at radius 2 is 1.89 bits per heavy atom.